The molecule has 6 nitrogen and oxygen atoms in total. The van der Waals surface area contributed by atoms with Crippen LogP contribution in [0.3, 0.4) is 0 Å². The summed E-state index contributed by atoms with van der Waals surface area (Å²) in [6.45, 7) is 2.58. The van der Waals surface area contributed by atoms with Crippen molar-refractivity contribution in [2.75, 3.05) is 6.54 Å². The van der Waals surface area contributed by atoms with Gasteiger partial charge >= 0.3 is 5.76 Å². The molecule has 19 heavy (non-hydrogen) atoms. The molecule has 0 fully saturated rings. The van der Waals surface area contributed by atoms with Gasteiger partial charge in [0, 0.05) is 17.7 Å². The number of rotatable bonds is 3. The molecule has 0 saturated carbocycles. The zero-order chi connectivity index (χ0) is 13.4. The molecular weight excluding hydrogens is 244 g/mol. The van der Waals surface area contributed by atoms with Gasteiger partial charge in [-0.2, -0.15) is 5.10 Å². The Bertz CT molecular complexity index is 781. The highest BCUT2D eigenvalue weighted by molar-refractivity contribution is 5.79. The van der Waals surface area contributed by atoms with Gasteiger partial charge in [-0.05, 0) is 31.2 Å². The van der Waals surface area contributed by atoms with E-state index in [0.717, 1.165) is 28.9 Å². The predicted molar refractivity (Wildman–Crippen MR) is 71.9 cm³/mol. The lowest BCUT2D eigenvalue weighted by Gasteiger charge is -1.99. The van der Waals surface area contributed by atoms with Gasteiger partial charge in [0.15, 0.2) is 5.58 Å². The minimum atomic E-state index is -0.449. The van der Waals surface area contributed by atoms with Crippen LogP contribution in [0.1, 0.15) is 11.3 Å². The van der Waals surface area contributed by atoms with Crippen LogP contribution in [0, 0.1) is 6.92 Å². The third-order valence-corrected chi connectivity index (χ3v) is 3.20. The zero-order valence-electron chi connectivity index (χ0n) is 10.5. The lowest BCUT2D eigenvalue weighted by Crippen LogP contribution is -2.03. The van der Waals surface area contributed by atoms with Crippen LogP contribution in [0.15, 0.2) is 27.4 Å². The van der Waals surface area contributed by atoms with Crippen molar-refractivity contribution in [3.05, 3.63) is 40.0 Å². The average Bonchev–Trinajstić information content (AvgIpc) is 2.92. The molecule has 1 aromatic carbocycles. The normalized spacial score (nSPS) is 11.3. The molecule has 0 aliphatic heterocycles. The van der Waals surface area contributed by atoms with Crippen molar-refractivity contribution >= 4 is 11.1 Å². The molecule has 0 saturated heterocycles. The number of oxazole rings is 1. The van der Waals surface area contributed by atoms with Crippen molar-refractivity contribution in [2.45, 2.75) is 13.3 Å². The Morgan fingerprint density at radius 1 is 1.42 bits per heavy atom. The largest absolute Gasteiger partial charge is 0.417 e. The Morgan fingerprint density at radius 2 is 2.26 bits per heavy atom. The summed E-state index contributed by atoms with van der Waals surface area (Å²) in [4.78, 5) is 13.7. The predicted octanol–water partition coefficient (Wildman–Crippen LogP) is 1.32. The van der Waals surface area contributed by atoms with E-state index in [-0.39, 0.29) is 0 Å². The summed E-state index contributed by atoms with van der Waals surface area (Å²) in [5.74, 6) is -0.449. The standard InChI is InChI=1S/C13H14N4O2/c1-7-9(4-5-14)16-17-12(7)8-2-3-10-11(6-8)19-13(18)15-10/h2-3,6H,4-5,14H2,1H3,(H,15,18)(H,16,17). The minimum Gasteiger partial charge on any atom is -0.408 e. The van der Waals surface area contributed by atoms with E-state index in [9.17, 15) is 4.79 Å². The number of aromatic amines is 2. The summed E-state index contributed by atoms with van der Waals surface area (Å²) >= 11 is 0. The molecule has 0 unspecified atom stereocenters. The lowest BCUT2D eigenvalue weighted by molar-refractivity contribution is 0.555. The van der Waals surface area contributed by atoms with Gasteiger partial charge in [-0.15, -0.1) is 0 Å². The van der Waals surface area contributed by atoms with Crippen molar-refractivity contribution in [3.63, 3.8) is 0 Å². The third-order valence-electron chi connectivity index (χ3n) is 3.20. The smallest absolute Gasteiger partial charge is 0.408 e. The number of nitrogens with two attached hydrogens (primary N) is 1. The third kappa shape index (κ3) is 1.96. The van der Waals surface area contributed by atoms with Crippen LogP contribution in [0.2, 0.25) is 0 Å². The molecule has 3 aromatic rings. The Morgan fingerprint density at radius 3 is 3.05 bits per heavy atom. The van der Waals surface area contributed by atoms with E-state index in [4.69, 9.17) is 10.2 Å². The molecule has 3 rings (SSSR count). The van der Waals surface area contributed by atoms with Gasteiger partial charge in [0.2, 0.25) is 0 Å². The van der Waals surface area contributed by atoms with Gasteiger partial charge in [0.25, 0.3) is 0 Å². The topological polar surface area (TPSA) is 101 Å². The molecule has 0 bridgehead atoms. The lowest BCUT2D eigenvalue weighted by atomic mass is 10.1. The molecule has 0 amide bonds. The van der Waals surface area contributed by atoms with Crippen molar-refractivity contribution in [2.24, 2.45) is 5.73 Å². The van der Waals surface area contributed by atoms with Gasteiger partial charge in [-0.1, -0.05) is 6.07 Å². The van der Waals surface area contributed by atoms with Gasteiger partial charge in [0.05, 0.1) is 11.2 Å². The van der Waals surface area contributed by atoms with Crippen LogP contribution in [0.4, 0.5) is 0 Å². The summed E-state index contributed by atoms with van der Waals surface area (Å²) < 4.78 is 5.06. The molecule has 4 N–H and O–H groups in total. The SMILES string of the molecule is Cc1c(-c2ccc3[nH]c(=O)oc3c2)n[nH]c1CCN. The first-order chi connectivity index (χ1) is 9.19. The van der Waals surface area contributed by atoms with Crippen LogP contribution in [0.5, 0.6) is 0 Å². The first-order valence-corrected chi connectivity index (χ1v) is 6.06. The molecule has 98 valence electrons. The van der Waals surface area contributed by atoms with E-state index in [1.54, 1.807) is 0 Å². The Kier molecular flexibility index (Phi) is 2.72. The van der Waals surface area contributed by atoms with Gasteiger partial charge < -0.3 is 10.2 Å². The maximum absolute atomic E-state index is 11.1. The van der Waals surface area contributed by atoms with Crippen molar-refractivity contribution in [3.8, 4) is 11.3 Å². The van der Waals surface area contributed by atoms with E-state index in [1.165, 1.54) is 0 Å². The van der Waals surface area contributed by atoms with Gasteiger partial charge in [-0.3, -0.25) is 10.1 Å². The highest BCUT2D eigenvalue weighted by atomic mass is 16.4. The number of nitrogens with one attached hydrogen (secondary N) is 2. The number of hydrogen-bond acceptors (Lipinski definition) is 4. The van der Waals surface area contributed by atoms with Crippen LogP contribution < -0.4 is 11.5 Å². The minimum absolute atomic E-state index is 0.449. The Hall–Kier alpha value is -2.34. The molecule has 0 aliphatic rings. The van der Waals surface area contributed by atoms with Gasteiger partial charge in [0.1, 0.15) is 0 Å². The summed E-state index contributed by atoms with van der Waals surface area (Å²) in [6.07, 6.45) is 0.764. The van der Waals surface area contributed by atoms with Crippen LogP contribution >= 0.6 is 0 Å². The van der Waals surface area contributed by atoms with Crippen LogP contribution in [-0.2, 0) is 6.42 Å². The fraction of sp³-hybridized carbons (Fsp3) is 0.231. The highest BCUT2D eigenvalue weighted by Gasteiger charge is 2.12. The zero-order valence-corrected chi connectivity index (χ0v) is 10.5. The van der Waals surface area contributed by atoms with Crippen molar-refractivity contribution in [1.82, 2.24) is 15.2 Å². The second kappa shape index (κ2) is 4.40. The van der Waals surface area contributed by atoms with Crippen molar-refractivity contribution < 1.29 is 4.42 Å². The molecule has 2 aromatic heterocycles. The number of aromatic nitrogens is 3. The quantitative estimate of drug-likeness (QED) is 0.659. The molecule has 0 atom stereocenters. The maximum atomic E-state index is 11.1. The van der Waals surface area contributed by atoms with E-state index in [2.05, 4.69) is 15.2 Å². The molecule has 6 heteroatoms. The maximum Gasteiger partial charge on any atom is 0.417 e. The Balaban J connectivity index is 2.10. The summed E-state index contributed by atoms with van der Waals surface area (Å²) in [6, 6.07) is 5.53. The summed E-state index contributed by atoms with van der Waals surface area (Å²) in [7, 11) is 0. The first kappa shape index (κ1) is 11.7. The van der Waals surface area contributed by atoms with Crippen LogP contribution in [-0.4, -0.2) is 21.7 Å². The van der Waals surface area contributed by atoms with Crippen LogP contribution in [0.25, 0.3) is 22.4 Å². The number of benzene rings is 1. The summed E-state index contributed by atoms with van der Waals surface area (Å²) in [5, 5.41) is 7.30. The summed E-state index contributed by atoms with van der Waals surface area (Å²) in [5.41, 5.74) is 10.6. The number of nitrogens with zero attached hydrogens (tertiary/aromatic N) is 1. The van der Waals surface area contributed by atoms with E-state index >= 15 is 0 Å². The fourth-order valence-electron chi connectivity index (χ4n) is 2.20. The molecular formula is C13H14N4O2. The fourth-order valence-corrected chi connectivity index (χ4v) is 2.20. The number of H-pyrrole nitrogens is 2. The molecule has 0 spiro atoms. The second-order valence-corrected chi connectivity index (χ2v) is 4.44. The van der Waals surface area contributed by atoms with E-state index in [1.807, 2.05) is 25.1 Å². The van der Waals surface area contributed by atoms with Gasteiger partial charge in [-0.25, -0.2) is 4.79 Å². The van der Waals surface area contributed by atoms with E-state index in [0.29, 0.717) is 17.6 Å². The Labute approximate surface area is 108 Å². The monoisotopic (exact) mass is 258 g/mol. The second-order valence-electron chi connectivity index (χ2n) is 4.44. The average molecular weight is 258 g/mol. The molecule has 2 heterocycles. The molecule has 0 radical (unpaired) electrons. The van der Waals surface area contributed by atoms with Crippen molar-refractivity contribution in [1.29, 1.82) is 0 Å². The molecule has 0 aliphatic carbocycles. The van der Waals surface area contributed by atoms with E-state index < -0.39 is 5.76 Å². The number of fused-ring (bicyclic) bond motifs is 1. The number of hydrogen-bond donors (Lipinski definition) is 3. The highest BCUT2D eigenvalue weighted by Crippen LogP contribution is 2.25. The first-order valence-electron chi connectivity index (χ1n) is 6.06.